The Morgan fingerprint density at radius 1 is 1.00 bits per heavy atom. The molecular weight excluding hydrogens is 250 g/mol. The molecule has 0 aliphatic heterocycles. The summed E-state index contributed by atoms with van der Waals surface area (Å²) in [5.41, 5.74) is 1.36. The number of hydrogen-bond donors (Lipinski definition) is 0. The zero-order valence-corrected chi connectivity index (χ0v) is 10.5. The van der Waals surface area contributed by atoms with Crippen molar-refractivity contribution in [3.8, 4) is 5.75 Å². The Bertz CT molecular complexity index is 636. The van der Waals surface area contributed by atoms with Crippen molar-refractivity contribution in [1.82, 2.24) is 0 Å². The van der Waals surface area contributed by atoms with E-state index < -0.39 is 11.6 Å². The van der Waals surface area contributed by atoms with Crippen LogP contribution >= 0.6 is 0 Å². The Labute approximate surface area is 109 Å². The van der Waals surface area contributed by atoms with Crippen molar-refractivity contribution in [2.45, 2.75) is 6.92 Å². The predicted octanol–water partition coefficient (Wildman–Crippen LogP) is 3.51. The Balaban J connectivity index is 2.41. The maximum absolute atomic E-state index is 13.1. The summed E-state index contributed by atoms with van der Waals surface area (Å²) >= 11 is 0. The van der Waals surface area contributed by atoms with E-state index in [0.717, 1.165) is 17.7 Å². The van der Waals surface area contributed by atoms with E-state index in [2.05, 4.69) is 0 Å². The molecule has 98 valence electrons. The molecule has 2 rings (SSSR count). The molecule has 19 heavy (non-hydrogen) atoms. The first-order valence-corrected chi connectivity index (χ1v) is 5.67. The van der Waals surface area contributed by atoms with Gasteiger partial charge in [0, 0.05) is 11.1 Å². The third kappa shape index (κ3) is 2.62. The lowest BCUT2D eigenvalue weighted by Gasteiger charge is -2.07. The molecule has 0 saturated carbocycles. The number of ether oxygens (including phenoxy) is 1. The standard InChI is InChI=1S/C15H12F2O2/c1-9-3-4-11(8-14(9)19-2)15(18)10-5-6-12(16)13(17)7-10/h3-8H,1-2H3. The molecule has 0 bridgehead atoms. The van der Waals surface area contributed by atoms with Gasteiger partial charge in [-0.05, 0) is 36.8 Å². The highest BCUT2D eigenvalue weighted by atomic mass is 19.2. The average molecular weight is 262 g/mol. The molecule has 2 aromatic rings. The number of aryl methyl sites for hydroxylation is 1. The molecule has 0 aliphatic carbocycles. The lowest BCUT2D eigenvalue weighted by molar-refractivity contribution is 0.103. The van der Waals surface area contributed by atoms with Gasteiger partial charge >= 0.3 is 0 Å². The fourth-order valence-corrected chi connectivity index (χ4v) is 1.77. The lowest BCUT2D eigenvalue weighted by Crippen LogP contribution is -2.03. The largest absolute Gasteiger partial charge is 0.496 e. The van der Waals surface area contributed by atoms with Gasteiger partial charge in [0.1, 0.15) is 5.75 Å². The molecule has 0 fully saturated rings. The Hall–Kier alpha value is -2.23. The Morgan fingerprint density at radius 2 is 1.63 bits per heavy atom. The van der Waals surface area contributed by atoms with Gasteiger partial charge < -0.3 is 4.74 Å². The first-order valence-electron chi connectivity index (χ1n) is 5.67. The number of halogens is 2. The second-order valence-electron chi connectivity index (χ2n) is 4.14. The minimum atomic E-state index is -1.04. The fourth-order valence-electron chi connectivity index (χ4n) is 1.77. The quantitative estimate of drug-likeness (QED) is 0.791. The van der Waals surface area contributed by atoms with E-state index in [1.54, 1.807) is 18.2 Å². The average Bonchev–Trinajstić information content (AvgIpc) is 2.41. The number of hydrogen-bond acceptors (Lipinski definition) is 2. The Kier molecular flexibility index (Phi) is 3.60. The topological polar surface area (TPSA) is 26.3 Å². The summed E-state index contributed by atoms with van der Waals surface area (Å²) in [5.74, 6) is -1.81. The number of methoxy groups -OCH3 is 1. The number of rotatable bonds is 3. The van der Waals surface area contributed by atoms with Crippen LogP contribution in [-0.4, -0.2) is 12.9 Å². The molecule has 0 spiro atoms. The Morgan fingerprint density at radius 3 is 2.26 bits per heavy atom. The highest BCUT2D eigenvalue weighted by Crippen LogP contribution is 2.21. The normalized spacial score (nSPS) is 10.3. The summed E-state index contributed by atoms with van der Waals surface area (Å²) in [4.78, 5) is 12.1. The van der Waals surface area contributed by atoms with E-state index in [-0.39, 0.29) is 11.3 Å². The maximum atomic E-state index is 13.1. The third-order valence-electron chi connectivity index (χ3n) is 2.85. The van der Waals surface area contributed by atoms with Crippen LogP contribution in [-0.2, 0) is 0 Å². The van der Waals surface area contributed by atoms with E-state index in [9.17, 15) is 13.6 Å². The van der Waals surface area contributed by atoms with Crippen molar-refractivity contribution in [2.75, 3.05) is 7.11 Å². The lowest BCUT2D eigenvalue weighted by atomic mass is 10.0. The molecule has 4 heteroatoms. The molecular formula is C15H12F2O2. The van der Waals surface area contributed by atoms with E-state index in [0.29, 0.717) is 11.3 Å². The highest BCUT2D eigenvalue weighted by Gasteiger charge is 2.13. The van der Waals surface area contributed by atoms with Crippen molar-refractivity contribution < 1.29 is 18.3 Å². The molecule has 0 saturated heterocycles. The maximum Gasteiger partial charge on any atom is 0.193 e. The molecule has 0 amide bonds. The van der Waals surface area contributed by atoms with Crippen molar-refractivity contribution in [2.24, 2.45) is 0 Å². The SMILES string of the molecule is COc1cc(C(=O)c2ccc(F)c(F)c2)ccc1C. The number of ketones is 1. The van der Waals surface area contributed by atoms with Gasteiger partial charge in [-0.2, -0.15) is 0 Å². The summed E-state index contributed by atoms with van der Waals surface area (Å²) in [7, 11) is 1.51. The molecule has 0 aliphatic rings. The summed E-state index contributed by atoms with van der Waals surface area (Å²) in [6, 6.07) is 8.04. The highest BCUT2D eigenvalue weighted by molar-refractivity contribution is 6.09. The summed E-state index contributed by atoms with van der Waals surface area (Å²) < 4.78 is 31.1. The van der Waals surface area contributed by atoms with Crippen LogP contribution in [0.1, 0.15) is 21.5 Å². The number of benzene rings is 2. The summed E-state index contributed by atoms with van der Waals surface area (Å²) in [6.45, 7) is 1.85. The number of carbonyl (C=O) groups excluding carboxylic acids is 1. The molecule has 2 nitrogen and oxygen atoms in total. The van der Waals surface area contributed by atoms with Gasteiger partial charge in [0.15, 0.2) is 17.4 Å². The minimum absolute atomic E-state index is 0.102. The van der Waals surface area contributed by atoms with Gasteiger partial charge in [-0.1, -0.05) is 12.1 Å². The first-order chi connectivity index (χ1) is 9.02. The zero-order valence-electron chi connectivity index (χ0n) is 10.5. The van der Waals surface area contributed by atoms with E-state index in [4.69, 9.17) is 4.74 Å². The van der Waals surface area contributed by atoms with Gasteiger partial charge in [0.05, 0.1) is 7.11 Å². The first kappa shape index (κ1) is 13.2. The molecule has 0 atom stereocenters. The molecule has 0 radical (unpaired) electrons. The fraction of sp³-hybridized carbons (Fsp3) is 0.133. The summed E-state index contributed by atoms with van der Waals surface area (Å²) in [5, 5.41) is 0. The molecule has 0 aromatic heterocycles. The second-order valence-corrected chi connectivity index (χ2v) is 4.14. The van der Waals surface area contributed by atoms with Crippen LogP contribution in [0.3, 0.4) is 0 Å². The zero-order chi connectivity index (χ0) is 14.0. The van der Waals surface area contributed by atoms with E-state index in [1.807, 2.05) is 6.92 Å². The van der Waals surface area contributed by atoms with Crippen molar-refractivity contribution in [1.29, 1.82) is 0 Å². The van der Waals surface area contributed by atoms with Gasteiger partial charge in [0.2, 0.25) is 0 Å². The second kappa shape index (κ2) is 5.18. The van der Waals surface area contributed by atoms with Crippen LogP contribution in [0.4, 0.5) is 8.78 Å². The van der Waals surface area contributed by atoms with Crippen LogP contribution in [0.25, 0.3) is 0 Å². The monoisotopic (exact) mass is 262 g/mol. The third-order valence-corrected chi connectivity index (χ3v) is 2.85. The smallest absolute Gasteiger partial charge is 0.193 e. The van der Waals surface area contributed by atoms with Crippen LogP contribution in [0, 0.1) is 18.6 Å². The molecule has 0 unspecified atom stereocenters. The van der Waals surface area contributed by atoms with Crippen LogP contribution < -0.4 is 4.74 Å². The van der Waals surface area contributed by atoms with E-state index in [1.165, 1.54) is 13.2 Å². The number of carbonyl (C=O) groups is 1. The minimum Gasteiger partial charge on any atom is -0.496 e. The van der Waals surface area contributed by atoms with Crippen molar-refractivity contribution >= 4 is 5.78 Å². The van der Waals surface area contributed by atoms with Crippen LogP contribution in [0.5, 0.6) is 5.75 Å². The predicted molar refractivity (Wildman–Crippen MR) is 67.5 cm³/mol. The van der Waals surface area contributed by atoms with Gasteiger partial charge in [-0.15, -0.1) is 0 Å². The van der Waals surface area contributed by atoms with Gasteiger partial charge in [0.25, 0.3) is 0 Å². The molecule has 2 aromatic carbocycles. The van der Waals surface area contributed by atoms with E-state index >= 15 is 0 Å². The molecule has 0 heterocycles. The van der Waals surface area contributed by atoms with Gasteiger partial charge in [-0.25, -0.2) is 8.78 Å². The van der Waals surface area contributed by atoms with Crippen LogP contribution in [0.2, 0.25) is 0 Å². The van der Waals surface area contributed by atoms with Crippen molar-refractivity contribution in [3.63, 3.8) is 0 Å². The summed E-state index contributed by atoms with van der Waals surface area (Å²) in [6.07, 6.45) is 0. The van der Waals surface area contributed by atoms with Crippen molar-refractivity contribution in [3.05, 3.63) is 64.7 Å². The van der Waals surface area contributed by atoms with Crippen LogP contribution in [0.15, 0.2) is 36.4 Å². The van der Waals surface area contributed by atoms with Gasteiger partial charge in [-0.3, -0.25) is 4.79 Å². The molecule has 0 N–H and O–H groups in total.